The van der Waals surface area contributed by atoms with E-state index in [4.69, 9.17) is 7.85 Å². The highest BCUT2D eigenvalue weighted by molar-refractivity contribution is 6.16. The van der Waals surface area contributed by atoms with Crippen molar-refractivity contribution in [2.45, 2.75) is 19.2 Å². The highest BCUT2D eigenvalue weighted by atomic mass is 14.0. The Morgan fingerprint density at radius 2 is 2.00 bits per heavy atom. The molecule has 0 nitrogen and oxygen atoms in total. The molecule has 0 unspecified atom stereocenters. The maximum absolute atomic E-state index is 5.59. The van der Waals surface area contributed by atoms with Gasteiger partial charge in [-0.2, -0.15) is 0 Å². The molecule has 0 amide bonds. The van der Waals surface area contributed by atoms with E-state index in [0.717, 1.165) is 0 Å². The van der Waals surface area contributed by atoms with Gasteiger partial charge in [-0.25, -0.2) is 0 Å². The summed E-state index contributed by atoms with van der Waals surface area (Å²) in [6.45, 7) is 7.40. The third kappa shape index (κ3) is 5.54. The maximum Gasteiger partial charge on any atom is 0.0794 e. The highest BCUT2D eigenvalue weighted by Crippen LogP contribution is 2.18. The Kier molecular flexibility index (Phi) is 2.60. The van der Waals surface area contributed by atoms with Crippen molar-refractivity contribution in [1.82, 2.24) is 0 Å². The van der Waals surface area contributed by atoms with Gasteiger partial charge in [-0.05, 0) is 0 Å². The fourth-order valence-corrected chi connectivity index (χ4v) is 0.316. The van der Waals surface area contributed by atoms with Crippen LogP contribution in [0.2, 0.25) is 5.31 Å². The van der Waals surface area contributed by atoms with E-state index < -0.39 is 0 Å². The first-order valence-corrected chi connectivity index (χ1v) is 2.65. The molecule has 2 radical (unpaired) electrons. The van der Waals surface area contributed by atoms with Crippen LogP contribution in [0.4, 0.5) is 0 Å². The van der Waals surface area contributed by atoms with Gasteiger partial charge >= 0.3 is 0 Å². The van der Waals surface area contributed by atoms with Gasteiger partial charge in [0.15, 0.2) is 0 Å². The van der Waals surface area contributed by atoms with Gasteiger partial charge in [0.05, 0.1) is 7.85 Å². The monoisotopic (exact) mass is 106 g/mol. The molecule has 0 heterocycles. The van der Waals surface area contributed by atoms with Gasteiger partial charge in [-0.3, -0.25) is 0 Å². The first-order valence-electron chi connectivity index (χ1n) is 2.65. The average molecular weight is 106 g/mol. The summed E-state index contributed by atoms with van der Waals surface area (Å²) in [6, 6.07) is 0. The molecule has 0 aromatic rings. The van der Waals surface area contributed by atoms with Gasteiger partial charge in [0.25, 0.3) is 0 Å². The third-order valence-corrected chi connectivity index (χ3v) is 0.662. The van der Waals surface area contributed by atoms with Crippen LogP contribution in [0.3, 0.4) is 0 Å². The molecular weight excluding hydrogens is 94.9 g/mol. The summed E-state index contributed by atoms with van der Waals surface area (Å²) in [6.07, 6.45) is 5.47. The summed E-state index contributed by atoms with van der Waals surface area (Å²) in [7, 11) is 5.59. The molecule has 42 valence electrons. The number of hydrogen-bond acceptors (Lipinski definition) is 0. The van der Waals surface area contributed by atoms with Crippen molar-refractivity contribution in [3.8, 4) is 0 Å². The fourth-order valence-electron chi connectivity index (χ4n) is 0.316. The second kappa shape index (κ2) is 2.76. The smallest absolute Gasteiger partial charge is 0.0794 e. The summed E-state index contributed by atoms with van der Waals surface area (Å²) < 4.78 is 0. The van der Waals surface area contributed by atoms with Crippen molar-refractivity contribution in [2.24, 2.45) is 0 Å². The van der Waals surface area contributed by atoms with Crippen LogP contribution in [0.25, 0.3) is 0 Å². The van der Waals surface area contributed by atoms with E-state index in [9.17, 15) is 0 Å². The van der Waals surface area contributed by atoms with Crippen LogP contribution in [-0.4, -0.2) is 7.85 Å². The van der Waals surface area contributed by atoms with E-state index in [1.54, 1.807) is 6.08 Å². The zero-order valence-corrected chi connectivity index (χ0v) is 5.52. The Morgan fingerprint density at radius 1 is 1.50 bits per heavy atom. The number of hydrogen-bond donors (Lipinski definition) is 0. The topological polar surface area (TPSA) is 0 Å². The molecule has 8 heavy (non-hydrogen) atoms. The van der Waals surface area contributed by atoms with Gasteiger partial charge in [-0.15, -0.1) is 0 Å². The minimum atomic E-state index is -0.200. The second-order valence-electron chi connectivity index (χ2n) is 2.42. The van der Waals surface area contributed by atoms with E-state index in [-0.39, 0.29) is 5.31 Å². The molecule has 1 heteroatoms. The Balaban J connectivity index is 3.69. The lowest BCUT2D eigenvalue weighted by Gasteiger charge is -2.10. The molecule has 0 aromatic carbocycles. The van der Waals surface area contributed by atoms with E-state index in [0.29, 0.717) is 0 Å². The van der Waals surface area contributed by atoms with Gasteiger partial charge in [0.1, 0.15) is 0 Å². The van der Waals surface area contributed by atoms with Crippen LogP contribution in [0, 0.1) is 0 Å². The van der Waals surface area contributed by atoms with Crippen molar-refractivity contribution in [1.29, 1.82) is 0 Å². The Bertz CT molecular complexity index is 95.4. The molecule has 0 aromatic heterocycles. The summed E-state index contributed by atoms with van der Waals surface area (Å²) in [5.74, 6) is 0. The van der Waals surface area contributed by atoms with Gasteiger partial charge in [0, 0.05) is 0 Å². The average Bonchev–Trinajstić information content (AvgIpc) is 1.59. The fraction of sp³-hybridized carbons (Fsp3) is 0.429. The first-order chi connectivity index (χ1) is 3.56. The van der Waals surface area contributed by atoms with Gasteiger partial charge in [0.2, 0.25) is 0 Å². The van der Waals surface area contributed by atoms with Crippen LogP contribution in [0.5, 0.6) is 0 Å². The SMILES string of the molecule is [B]C(C)(C)/C=C/C=C. The van der Waals surface area contributed by atoms with Crippen molar-refractivity contribution in [3.05, 3.63) is 24.8 Å². The molecule has 0 N–H and O–H groups in total. The lowest BCUT2D eigenvalue weighted by atomic mass is 9.72. The largest absolute Gasteiger partial charge is 0.0991 e. The number of rotatable bonds is 2. The van der Waals surface area contributed by atoms with Crippen molar-refractivity contribution in [2.75, 3.05) is 0 Å². The molecule has 0 atom stereocenters. The van der Waals surface area contributed by atoms with E-state index in [1.807, 2.05) is 26.0 Å². The van der Waals surface area contributed by atoms with Gasteiger partial charge < -0.3 is 0 Å². The lowest BCUT2D eigenvalue weighted by Crippen LogP contribution is -1.94. The molecule has 0 rings (SSSR count). The van der Waals surface area contributed by atoms with Crippen molar-refractivity contribution in [3.63, 3.8) is 0 Å². The summed E-state index contributed by atoms with van der Waals surface area (Å²) in [5.41, 5.74) is 0. The molecule has 0 aliphatic rings. The normalized spacial score (nSPS) is 12.2. The lowest BCUT2D eigenvalue weighted by molar-refractivity contribution is 0.861. The maximum atomic E-state index is 5.59. The minimum Gasteiger partial charge on any atom is -0.0991 e. The predicted octanol–water partition coefficient (Wildman–Crippen LogP) is 2.10. The van der Waals surface area contributed by atoms with Crippen LogP contribution in [0.1, 0.15) is 13.8 Å². The van der Waals surface area contributed by atoms with Crippen LogP contribution in [-0.2, 0) is 0 Å². The quantitative estimate of drug-likeness (QED) is 0.373. The standard InChI is InChI=1S/C7H11B/c1-4-5-6-7(2,3)8/h4-6H,1H2,2-3H3/b6-5+. The Morgan fingerprint density at radius 3 is 2.12 bits per heavy atom. The molecule has 0 bridgehead atoms. The number of allylic oxidation sites excluding steroid dienone is 3. The second-order valence-corrected chi connectivity index (χ2v) is 2.42. The molecule has 0 saturated heterocycles. The summed E-state index contributed by atoms with van der Waals surface area (Å²) >= 11 is 0. The molecule has 0 fully saturated rings. The minimum absolute atomic E-state index is 0.200. The van der Waals surface area contributed by atoms with Crippen molar-refractivity contribution < 1.29 is 0 Å². The van der Waals surface area contributed by atoms with E-state index in [2.05, 4.69) is 6.58 Å². The summed E-state index contributed by atoms with van der Waals surface area (Å²) in [4.78, 5) is 0. The van der Waals surface area contributed by atoms with Crippen LogP contribution >= 0.6 is 0 Å². The zero-order valence-electron chi connectivity index (χ0n) is 5.52. The molecule has 0 aliphatic carbocycles. The highest BCUT2D eigenvalue weighted by Gasteiger charge is 2.00. The van der Waals surface area contributed by atoms with Crippen LogP contribution in [0.15, 0.2) is 24.8 Å². The zero-order chi connectivity index (χ0) is 6.62. The molecule has 0 spiro atoms. The molecular formula is C7H11B. The summed E-state index contributed by atoms with van der Waals surface area (Å²) in [5, 5.41) is -0.200. The first kappa shape index (κ1) is 7.54. The van der Waals surface area contributed by atoms with E-state index in [1.165, 1.54) is 0 Å². The van der Waals surface area contributed by atoms with Crippen LogP contribution < -0.4 is 0 Å². The third-order valence-electron chi connectivity index (χ3n) is 0.662. The van der Waals surface area contributed by atoms with E-state index >= 15 is 0 Å². The predicted molar refractivity (Wildman–Crippen MR) is 39.1 cm³/mol. The molecule has 0 saturated carbocycles. The Hall–Kier alpha value is -0.455. The van der Waals surface area contributed by atoms with Gasteiger partial charge in [-0.1, -0.05) is 44.0 Å². The van der Waals surface area contributed by atoms with Crippen molar-refractivity contribution >= 4 is 7.85 Å². The Labute approximate surface area is 52.7 Å². The molecule has 0 aliphatic heterocycles.